The molecule has 1 atom stereocenters. The number of amides is 1. The van der Waals surface area contributed by atoms with Crippen molar-refractivity contribution in [2.24, 2.45) is 0 Å². The lowest BCUT2D eigenvalue weighted by Gasteiger charge is -2.17. The zero-order valence-corrected chi connectivity index (χ0v) is 17.1. The number of hydrogen-bond acceptors (Lipinski definition) is 7. The molecule has 1 aliphatic heterocycles. The van der Waals surface area contributed by atoms with Gasteiger partial charge in [-0.2, -0.15) is 4.98 Å². The number of nitrogens with zero attached hydrogens (tertiary/aromatic N) is 3. The molecule has 1 saturated heterocycles. The molecule has 0 N–H and O–H groups in total. The van der Waals surface area contributed by atoms with E-state index >= 15 is 0 Å². The third kappa shape index (κ3) is 3.80. The fourth-order valence-corrected chi connectivity index (χ4v) is 3.63. The van der Waals surface area contributed by atoms with Crippen molar-refractivity contribution in [3.05, 3.63) is 53.9 Å². The van der Waals surface area contributed by atoms with Crippen molar-refractivity contribution in [1.82, 2.24) is 15.0 Å². The smallest absolute Gasteiger partial charge is 0.261 e. The topological polar surface area (TPSA) is 86.9 Å². The van der Waals surface area contributed by atoms with Crippen LogP contribution in [0.1, 0.15) is 23.7 Å². The molecule has 1 aliphatic rings. The zero-order valence-electron chi connectivity index (χ0n) is 17.1. The van der Waals surface area contributed by atoms with E-state index in [1.807, 2.05) is 42.5 Å². The van der Waals surface area contributed by atoms with Gasteiger partial charge < -0.3 is 23.6 Å². The van der Waals surface area contributed by atoms with Crippen LogP contribution in [0.5, 0.6) is 17.2 Å². The summed E-state index contributed by atoms with van der Waals surface area (Å²) in [6.45, 7) is 1.00. The summed E-state index contributed by atoms with van der Waals surface area (Å²) in [5.74, 6) is 2.79. The van der Waals surface area contributed by atoms with E-state index in [0.717, 1.165) is 11.1 Å². The summed E-state index contributed by atoms with van der Waals surface area (Å²) in [6, 6.07) is 13.1. The Hall–Kier alpha value is -3.55. The summed E-state index contributed by atoms with van der Waals surface area (Å²) in [4.78, 5) is 18.9. The second-order valence-corrected chi connectivity index (χ2v) is 7.02. The highest BCUT2D eigenvalue weighted by atomic mass is 16.5. The third-order valence-electron chi connectivity index (χ3n) is 5.18. The van der Waals surface area contributed by atoms with Crippen LogP contribution in [0.2, 0.25) is 0 Å². The Morgan fingerprint density at radius 3 is 2.57 bits per heavy atom. The lowest BCUT2D eigenvalue weighted by Crippen LogP contribution is -2.24. The molecule has 0 saturated carbocycles. The average molecular weight is 409 g/mol. The predicted molar refractivity (Wildman–Crippen MR) is 109 cm³/mol. The van der Waals surface area contributed by atoms with Crippen LogP contribution in [-0.4, -0.2) is 48.8 Å². The molecule has 1 unspecified atom stereocenters. The molecule has 30 heavy (non-hydrogen) atoms. The Bertz CT molecular complexity index is 1050. The first kappa shape index (κ1) is 19.8. The van der Waals surface area contributed by atoms with Crippen LogP contribution in [0.15, 0.2) is 47.0 Å². The van der Waals surface area contributed by atoms with Gasteiger partial charge in [0.05, 0.1) is 26.9 Å². The molecule has 0 spiro atoms. The molecule has 2 aromatic carbocycles. The van der Waals surface area contributed by atoms with Gasteiger partial charge in [-0.15, -0.1) is 0 Å². The van der Waals surface area contributed by atoms with Crippen molar-refractivity contribution < 1.29 is 23.5 Å². The summed E-state index contributed by atoms with van der Waals surface area (Å²) in [6.07, 6.45) is 0.345. The second kappa shape index (κ2) is 8.44. The number of methoxy groups -OCH3 is 3. The minimum absolute atomic E-state index is 0.0541. The van der Waals surface area contributed by atoms with Gasteiger partial charge in [0.25, 0.3) is 5.89 Å². The van der Waals surface area contributed by atoms with Gasteiger partial charge in [-0.3, -0.25) is 4.79 Å². The maximum atomic E-state index is 12.6. The number of hydrogen-bond donors (Lipinski definition) is 0. The molecular formula is C22H23N3O5. The number of carbonyl (C=O) groups excluding carboxylic acids is 1. The van der Waals surface area contributed by atoms with Crippen LogP contribution < -0.4 is 14.2 Å². The molecule has 1 fully saturated rings. The van der Waals surface area contributed by atoms with Crippen molar-refractivity contribution in [2.45, 2.75) is 18.9 Å². The number of carbonyl (C=O) groups is 1. The predicted octanol–water partition coefficient (Wildman–Crippen LogP) is 3.28. The Morgan fingerprint density at radius 1 is 1.03 bits per heavy atom. The molecule has 1 amide bonds. The van der Waals surface area contributed by atoms with E-state index in [-0.39, 0.29) is 11.8 Å². The van der Waals surface area contributed by atoms with Gasteiger partial charge in [-0.05, 0) is 29.8 Å². The first-order valence-electron chi connectivity index (χ1n) is 9.58. The minimum Gasteiger partial charge on any atom is -0.496 e. The molecule has 2 heterocycles. The zero-order chi connectivity index (χ0) is 21.1. The van der Waals surface area contributed by atoms with Crippen molar-refractivity contribution in [3.63, 3.8) is 0 Å². The first-order chi connectivity index (χ1) is 14.6. The second-order valence-electron chi connectivity index (χ2n) is 7.02. The van der Waals surface area contributed by atoms with Crippen molar-refractivity contribution in [2.75, 3.05) is 27.9 Å². The van der Waals surface area contributed by atoms with Gasteiger partial charge in [0.1, 0.15) is 5.75 Å². The fourth-order valence-electron chi connectivity index (χ4n) is 3.63. The Balaban J connectivity index is 1.49. The number of ether oxygens (including phenoxy) is 3. The maximum absolute atomic E-state index is 12.6. The molecular weight excluding hydrogens is 386 g/mol. The summed E-state index contributed by atoms with van der Waals surface area (Å²) >= 11 is 0. The average Bonchev–Trinajstić information content (AvgIpc) is 3.41. The molecule has 8 nitrogen and oxygen atoms in total. The summed E-state index contributed by atoms with van der Waals surface area (Å²) < 4.78 is 21.4. The fraction of sp³-hybridized carbons (Fsp3) is 0.318. The normalized spacial score (nSPS) is 16.0. The van der Waals surface area contributed by atoms with Gasteiger partial charge in [0, 0.05) is 25.4 Å². The Morgan fingerprint density at radius 2 is 1.80 bits per heavy atom. The van der Waals surface area contributed by atoms with Gasteiger partial charge >= 0.3 is 0 Å². The highest BCUT2D eigenvalue weighted by Crippen LogP contribution is 2.33. The molecule has 8 heteroatoms. The van der Waals surface area contributed by atoms with E-state index in [1.54, 1.807) is 26.2 Å². The van der Waals surface area contributed by atoms with E-state index in [4.69, 9.17) is 18.7 Å². The number of benzene rings is 2. The van der Waals surface area contributed by atoms with Gasteiger partial charge in [-0.1, -0.05) is 23.4 Å². The van der Waals surface area contributed by atoms with Crippen LogP contribution in [-0.2, 0) is 11.3 Å². The molecule has 0 radical (unpaired) electrons. The summed E-state index contributed by atoms with van der Waals surface area (Å²) in [5.41, 5.74) is 1.69. The minimum atomic E-state index is -0.121. The lowest BCUT2D eigenvalue weighted by molar-refractivity contribution is -0.128. The van der Waals surface area contributed by atoms with Crippen LogP contribution in [0.4, 0.5) is 0 Å². The van der Waals surface area contributed by atoms with Gasteiger partial charge in [0.2, 0.25) is 5.91 Å². The third-order valence-corrected chi connectivity index (χ3v) is 5.18. The summed E-state index contributed by atoms with van der Waals surface area (Å²) in [5, 5.41) is 4.12. The number of likely N-dealkylation sites (tertiary alicyclic amines) is 1. The highest BCUT2D eigenvalue weighted by Gasteiger charge is 2.34. The summed E-state index contributed by atoms with van der Waals surface area (Å²) in [7, 11) is 4.78. The SMILES string of the molecule is COc1ccc(CN2CC(c3noc(-c4ccccc4OC)n3)CC2=O)cc1OC. The maximum Gasteiger partial charge on any atom is 0.261 e. The number of aromatic nitrogens is 2. The molecule has 3 aromatic rings. The van der Waals surface area contributed by atoms with Crippen molar-refractivity contribution in [1.29, 1.82) is 0 Å². The van der Waals surface area contributed by atoms with E-state index in [0.29, 0.717) is 48.5 Å². The van der Waals surface area contributed by atoms with E-state index in [1.165, 1.54) is 0 Å². The van der Waals surface area contributed by atoms with Crippen LogP contribution >= 0.6 is 0 Å². The molecule has 0 aliphatic carbocycles. The monoisotopic (exact) mass is 409 g/mol. The standard InChI is InChI=1S/C22H23N3O5/c1-27-17-7-5-4-6-16(17)22-23-21(24-30-22)15-11-20(26)25(13-15)12-14-8-9-18(28-2)19(10-14)29-3/h4-10,15H,11-13H2,1-3H3. The lowest BCUT2D eigenvalue weighted by atomic mass is 10.1. The molecule has 1 aromatic heterocycles. The Labute approximate surface area is 174 Å². The van der Waals surface area contributed by atoms with Gasteiger partial charge in [0.15, 0.2) is 17.3 Å². The number of rotatable bonds is 7. The van der Waals surface area contributed by atoms with Gasteiger partial charge in [-0.25, -0.2) is 0 Å². The van der Waals surface area contributed by atoms with Crippen molar-refractivity contribution in [3.8, 4) is 28.7 Å². The number of para-hydroxylation sites is 1. The molecule has 156 valence electrons. The molecule has 4 rings (SSSR count). The highest BCUT2D eigenvalue weighted by molar-refractivity contribution is 5.79. The van der Waals surface area contributed by atoms with E-state index in [9.17, 15) is 4.79 Å². The van der Waals surface area contributed by atoms with Crippen molar-refractivity contribution >= 4 is 5.91 Å². The largest absolute Gasteiger partial charge is 0.496 e. The van der Waals surface area contributed by atoms with Crippen LogP contribution in [0.25, 0.3) is 11.5 Å². The quantitative estimate of drug-likeness (QED) is 0.592. The van der Waals surface area contributed by atoms with E-state index in [2.05, 4.69) is 10.1 Å². The van der Waals surface area contributed by atoms with Crippen LogP contribution in [0, 0.1) is 0 Å². The Kier molecular flexibility index (Phi) is 5.56. The first-order valence-corrected chi connectivity index (χ1v) is 9.58. The van der Waals surface area contributed by atoms with E-state index < -0.39 is 0 Å². The molecule has 0 bridgehead atoms. The van der Waals surface area contributed by atoms with Crippen LogP contribution in [0.3, 0.4) is 0 Å².